The van der Waals surface area contributed by atoms with Crippen molar-refractivity contribution in [2.75, 3.05) is 31.7 Å². The zero-order valence-electron chi connectivity index (χ0n) is 15.1. The fraction of sp³-hybridized carbons (Fsp3) is 0.381. The van der Waals surface area contributed by atoms with Crippen molar-refractivity contribution in [1.82, 2.24) is 9.55 Å². The molecule has 0 radical (unpaired) electrons. The molecule has 0 bridgehead atoms. The second-order valence-corrected chi connectivity index (χ2v) is 6.95. The van der Waals surface area contributed by atoms with Crippen LogP contribution in [0.2, 0.25) is 0 Å². The maximum Gasteiger partial charge on any atom is 0.206 e. The molecule has 2 aromatic carbocycles. The molecule has 1 saturated heterocycles. The van der Waals surface area contributed by atoms with E-state index in [2.05, 4.69) is 39.8 Å². The number of benzene rings is 2. The fourth-order valence-electron chi connectivity index (χ4n) is 3.69. The van der Waals surface area contributed by atoms with Crippen LogP contribution in [0.25, 0.3) is 11.0 Å². The molecular formula is C21H25N3O2. The van der Waals surface area contributed by atoms with Crippen LogP contribution in [0.15, 0.2) is 48.5 Å². The van der Waals surface area contributed by atoms with E-state index in [4.69, 9.17) is 9.72 Å². The van der Waals surface area contributed by atoms with Crippen LogP contribution in [0, 0.1) is 5.92 Å². The number of para-hydroxylation sites is 2. The first-order valence-corrected chi connectivity index (χ1v) is 9.22. The van der Waals surface area contributed by atoms with Gasteiger partial charge in [0.2, 0.25) is 5.95 Å². The standard InChI is InChI=1S/C21H25N3O2/c1-26-18-8-6-16(7-9-18)14-24-20-5-3-2-4-19(20)22-21(24)23-12-10-17(15-25)11-13-23/h2-9,17,25H,10-15H2,1H3. The number of imidazole rings is 1. The summed E-state index contributed by atoms with van der Waals surface area (Å²) >= 11 is 0. The largest absolute Gasteiger partial charge is 0.497 e. The van der Waals surface area contributed by atoms with E-state index in [1.54, 1.807) is 7.11 Å². The zero-order valence-corrected chi connectivity index (χ0v) is 15.1. The number of ether oxygens (including phenoxy) is 1. The summed E-state index contributed by atoms with van der Waals surface area (Å²) in [6.07, 6.45) is 2.03. The topological polar surface area (TPSA) is 50.5 Å². The number of hydrogen-bond acceptors (Lipinski definition) is 4. The number of methoxy groups -OCH3 is 1. The van der Waals surface area contributed by atoms with E-state index >= 15 is 0 Å². The normalized spacial score (nSPS) is 15.5. The molecule has 3 aromatic rings. The van der Waals surface area contributed by atoms with Gasteiger partial charge in [0.25, 0.3) is 0 Å². The van der Waals surface area contributed by atoms with Gasteiger partial charge < -0.3 is 19.3 Å². The number of rotatable bonds is 5. The Hall–Kier alpha value is -2.53. The Bertz CT molecular complexity index is 865. The first-order valence-electron chi connectivity index (χ1n) is 9.22. The number of fused-ring (bicyclic) bond motifs is 1. The molecule has 1 aliphatic rings. The third-order valence-electron chi connectivity index (χ3n) is 5.29. The Morgan fingerprint density at radius 2 is 1.81 bits per heavy atom. The van der Waals surface area contributed by atoms with Gasteiger partial charge in [-0.25, -0.2) is 4.98 Å². The van der Waals surface area contributed by atoms with Crippen LogP contribution >= 0.6 is 0 Å². The molecule has 0 spiro atoms. The van der Waals surface area contributed by atoms with Crippen molar-refractivity contribution in [3.8, 4) is 5.75 Å². The van der Waals surface area contributed by atoms with Crippen LogP contribution in [-0.4, -0.2) is 41.5 Å². The molecule has 136 valence electrons. The Labute approximate surface area is 153 Å². The number of piperidine rings is 1. The molecule has 2 heterocycles. The lowest BCUT2D eigenvalue weighted by molar-refractivity contribution is 0.202. The monoisotopic (exact) mass is 351 g/mol. The highest BCUT2D eigenvalue weighted by atomic mass is 16.5. The molecule has 1 fully saturated rings. The predicted molar refractivity (Wildman–Crippen MR) is 104 cm³/mol. The molecule has 1 aromatic heterocycles. The minimum Gasteiger partial charge on any atom is -0.497 e. The second-order valence-electron chi connectivity index (χ2n) is 6.95. The molecule has 1 aliphatic heterocycles. The summed E-state index contributed by atoms with van der Waals surface area (Å²) in [4.78, 5) is 7.28. The lowest BCUT2D eigenvalue weighted by Crippen LogP contribution is -2.36. The zero-order chi connectivity index (χ0) is 17.9. The van der Waals surface area contributed by atoms with Crippen molar-refractivity contribution in [2.45, 2.75) is 19.4 Å². The molecule has 5 nitrogen and oxygen atoms in total. The summed E-state index contributed by atoms with van der Waals surface area (Å²) in [5.74, 6) is 2.32. The number of aliphatic hydroxyl groups is 1. The Balaban J connectivity index is 1.67. The van der Waals surface area contributed by atoms with E-state index in [9.17, 15) is 5.11 Å². The number of anilines is 1. The lowest BCUT2D eigenvalue weighted by Gasteiger charge is -2.32. The van der Waals surface area contributed by atoms with E-state index in [1.165, 1.54) is 5.56 Å². The van der Waals surface area contributed by atoms with Crippen LogP contribution in [0.4, 0.5) is 5.95 Å². The quantitative estimate of drug-likeness (QED) is 0.766. The van der Waals surface area contributed by atoms with Gasteiger partial charge in [0.1, 0.15) is 5.75 Å². The summed E-state index contributed by atoms with van der Waals surface area (Å²) < 4.78 is 7.57. The first-order chi connectivity index (χ1) is 12.8. The number of aromatic nitrogens is 2. The maximum absolute atomic E-state index is 9.40. The van der Waals surface area contributed by atoms with Crippen LogP contribution in [0.1, 0.15) is 18.4 Å². The smallest absolute Gasteiger partial charge is 0.206 e. The number of hydrogen-bond donors (Lipinski definition) is 1. The van der Waals surface area contributed by atoms with Gasteiger partial charge in [-0.3, -0.25) is 0 Å². The molecule has 0 amide bonds. The van der Waals surface area contributed by atoms with Gasteiger partial charge >= 0.3 is 0 Å². The van der Waals surface area contributed by atoms with Crippen molar-refractivity contribution in [3.05, 3.63) is 54.1 Å². The van der Waals surface area contributed by atoms with Crippen LogP contribution < -0.4 is 9.64 Å². The van der Waals surface area contributed by atoms with Gasteiger partial charge in [-0.2, -0.15) is 0 Å². The average molecular weight is 351 g/mol. The van der Waals surface area contributed by atoms with Gasteiger partial charge in [0.15, 0.2) is 0 Å². The molecule has 4 rings (SSSR count). The van der Waals surface area contributed by atoms with Crippen LogP contribution in [0.5, 0.6) is 5.75 Å². The number of aliphatic hydroxyl groups excluding tert-OH is 1. The highest BCUT2D eigenvalue weighted by Gasteiger charge is 2.23. The van der Waals surface area contributed by atoms with Crippen molar-refractivity contribution in [3.63, 3.8) is 0 Å². The van der Waals surface area contributed by atoms with Crippen molar-refractivity contribution >= 4 is 17.0 Å². The van der Waals surface area contributed by atoms with E-state index in [1.807, 2.05) is 18.2 Å². The molecule has 0 aliphatic carbocycles. The predicted octanol–water partition coefficient (Wildman–Crippen LogP) is 3.30. The summed E-state index contributed by atoms with van der Waals surface area (Å²) in [6, 6.07) is 16.5. The van der Waals surface area contributed by atoms with Crippen LogP contribution in [0.3, 0.4) is 0 Å². The first kappa shape index (κ1) is 16.9. The minimum atomic E-state index is 0.288. The third kappa shape index (κ3) is 3.27. The van der Waals surface area contributed by atoms with E-state index < -0.39 is 0 Å². The van der Waals surface area contributed by atoms with Crippen molar-refractivity contribution in [2.24, 2.45) is 5.92 Å². The van der Waals surface area contributed by atoms with E-state index in [0.717, 1.165) is 55.2 Å². The molecule has 1 N–H and O–H groups in total. The van der Waals surface area contributed by atoms with Gasteiger partial charge in [-0.15, -0.1) is 0 Å². The second kappa shape index (κ2) is 7.38. The Kier molecular flexibility index (Phi) is 4.80. The van der Waals surface area contributed by atoms with Crippen LogP contribution in [-0.2, 0) is 6.54 Å². The highest BCUT2D eigenvalue weighted by molar-refractivity contribution is 5.79. The minimum absolute atomic E-state index is 0.288. The summed E-state index contributed by atoms with van der Waals surface area (Å²) in [7, 11) is 1.69. The summed E-state index contributed by atoms with van der Waals surface area (Å²) in [5, 5.41) is 9.40. The SMILES string of the molecule is COc1ccc(Cn2c(N3CCC(CO)CC3)nc3ccccc32)cc1. The van der Waals surface area contributed by atoms with Gasteiger partial charge in [0.05, 0.1) is 24.7 Å². The highest BCUT2D eigenvalue weighted by Crippen LogP contribution is 2.28. The summed E-state index contributed by atoms with van der Waals surface area (Å²) in [5.41, 5.74) is 3.41. The van der Waals surface area contributed by atoms with Crippen molar-refractivity contribution < 1.29 is 9.84 Å². The molecule has 0 atom stereocenters. The number of nitrogens with zero attached hydrogens (tertiary/aromatic N) is 3. The lowest BCUT2D eigenvalue weighted by atomic mass is 9.98. The fourth-order valence-corrected chi connectivity index (χ4v) is 3.69. The average Bonchev–Trinajstić information content (AvgIpc) is 3.07. The van der Waals surface area contributed by atoms with Crippen molar-refractivity contribution in [1.29, 1.82) is 0 Å². The Morgan fingerprint density at radius 1 is 1.08 bits per heavy atom. The summed E-state index contributed by atoms with van der Waals surface area (Å²) in [6.45, 7) is 2.95. The van der Waals surface area contributed by atoms with Gasteiger partial charge in [-0.05, 0) is 48.6 Å². The molecule has 5 heteroatoms. The molecule has 26 heavy (non-hydrogen) atoms. The van der Waals surface area contributed by atoms with Gasteiger partial charge in [0, 0.05) is 19.7 Å². The van der Waals surface area contributed by atoms with E-state index in [-0.39, 0.29) is 6.61 Å². The third-order valence-corrected chi connectivity index (χ3v) is 5.29. The Morgan fingerprint density at radius 3 is 2.50 bits per heavy atom. The molecular weight excluding hydrogens is 326 g/mol. The molecule has 0 saturated carbocycles. The van der Waals surface area contributed by atoms with E-state index in [0.29, 0.717) is 5.92 Å². The van der Waals surface area contributed by atoms with Gasteiger partial charge in [-0.1, -0.05) is 24.3 Å². The maximum atomic E-state index is 9.40. The molecule has 0 unspecified atom stereocenters.